The average molecular weight is 456 g/mol. The number of rotatable bonds is 10. The largest absolute Gasteiger partial charge is 0.445 e. The lowest BCUT2D eigenvalue weighted by Crippen LogP contribution is -2.35. The number of halogens is 2. The highest BCUT2D eigenvalue weighted by molar-refractivity contribution is 5.68. The molecule has 3 atom stereocenters. The summed E-state index contributed by atoms with van der Waals surface area (Å²) in [4.78, 5) is 12.4. The molecule has 3 aromatic carbocycles. The highest BCUT2D eigenvalue weighted by Gasteiger charge is 2.24. The van der Waals surface area contributed by atoms with Gasteiger partial charge in [-0.1, -0.05) is 54.6 Å². The second kappa shape index (κ2) is 12.1. The Morgan fingerprint density at radius 2 is 1.42 bits per heavy atom. The summed E-state index contributed by atoms with van der Waals surface area (Å²) in [6.45, 7) is 0.0751. The third-order valence-corrected chi connectivity index (χ3v) is 5.34. The first-order valence-electron chi connectivity index (χ1n) is 10.7. The van der Waals surface area contributed by atoms with Crippen molar-refractivity contribution in [3.8, 4) is 0 Å². The van der Waals surface area contributed by atoms with Crippen LogP contribution < -0.4 is 5.32 Å². The first-order chi connectivity index (χ1) is 15.9. The first kappa shape index (κ1) is 24.4. The van der Waals surface area contributed by atoms with Crippen LogP contribution in [0.15, 0.2) is 78.9 Å². The molecule has 0 saturated heterocycles. The van der Waals surface area contributed by atoms with Crippen LogP contribution in [0.5, 0.6) is 0 Å². The maximum atomic E-state index is 13.4. The van der Waals surface area contributed by atoms with Gasteiger partial charge in [0.15, 0.2) is 0 Å². The van der Waals surface area contributed by atoms with Crippen molar-refractivity contribution in [1.29, 1.82) is 0 Å². The second-order valence-electron chi connectivity index (χ2n) is 7.85. The molecule has 7 heteroatoms. The summed E-state index contributed by atoms with van der Waals surface area (Å²) in [6.07, 6.45) is -2.22. The molecule has 0 aliphatic rings. The van der Waals surface area contributed by atoms with Gasteiger partial charge in [0.25, 0.3) is 0 Å². The van der Waals surface area contributed by atoms with Crippen molar-refractivity contribution < 1.29 is 28.5 Å². The number of alkyl carbamates (subject to hydrolysis) is 1. The minimum Gasteiger partial charge on any atom is -0.445 e. The second-order valence-corrected chi connectivity index (χ2v) is 7.85. The number of nitrogens with one attached hydrogen (secondary N) is 1. The molecular formula is C26H27F2NO4. The lowest BCUT2D eigenvalue weighted by atomic mass is 9.95. The summed E-state index contributed by atoms with van der Waals surface area (Å²) >= 11 is 0. The van der Waals surface area contributed by atoms with E-state index >= 15 is 0 Å². The molecule has 0 fully saturated rings. The molecule has 1 amide bonds. The van der Waals surface area contributed by atoms with Crippen molar-refractivity contribution >= 4 is 6.09 Å². The number of benzene rings is 3. The lowest BCUT2D eigenvalue weighted by molar-refractivity contribution is 0.00398. The normalized spacial score (nSPS) is 13.7. The minimum atomic E-state index is -1.16. The predicted octanol–water partition coefficient (Wildman–Crippen LogP) is 4.68. The van der Waals surface area contributed by atoms with E-state index < -0.39 is 30.2 Å². The molecule has 3 unspecified atom stereocenters. The van der Waals surface area contributed by atoms with Gasteiger partial charge in [0.2, 0.25) is 0 Å². The van der Waals surface area contributed by atoms with Gasteiger partial charge >= 0.3 is 6.09 Å². The Bertz CT molecular complexity index is 997. The molecule has 0 aliphatic heterocycles. The summed E-state index contributed by atoms with van der Waals surface area (Å²) in [7, 11) is 0. The summed E-state index contributed by atoms with van der Waals surface area (Å²) in [6, 6.07) is 19.9. The molecule has 33 heavy (non-hydrogen) atoms. The maximum Gasteiger partial charge on any atom is 0.407 e. The first-order valence-corrected chi connectivity index (χ1v) is 10.7. The molecule has 0 bridgehead atoms. The SMILES string of the molecule is O=C(NC(CC(O)C(O)CCc1ccc(F)cc1)c1ccc(F)cc1)OCc1ccccc1. The third kappa shape index (κ3) is 7.97. The molecule has 3 N–H and O–H groups in total. The highest BCUT2D eigenvalue weighted by atomic mass is 19.1. The van der Waals surface area contributed by atoms with Gasteiger partial charge in [0.1, 0.15) is 18.2 Å². The summed E-state index contributed by atoms with van der Waals surface area (Å²) in [5.74, 6) is -0.768. The molecule has 0 radical (unpaired) electrons. The van der Waals surface area contributed by atoms with E-state index in [1.54, 1.807) is 12.1 Å². The van der Waals surface area contributed by atoms with E-state index in [0.29, 0.717) is 12.0 Å². The fourth-order valence-corrected chi connectivity index (χ4v) is 3.44. The highest BCUT2D eigenvalue weighted by Crippen LogP contribution is 2.22. The molecule has 0 aromatic heterocycles. The molecule has 0 heterocycles. The fraction of sp³-hybridized carbons (Fsp3) is 0.269. The van der Waals surface area contributed by atoms with Crippen LogP contribution >= 0.6 is 0 Å². The Labute approximate surface area is 191 Å². The van der Waals surface area contributed by atoms with Gasteiger partial charge in [0.05, 0.1) is 18.2 Å². The molecule has 3 rings (SSSR count). The Morgan fingerprint density at radius 3 is 2.06 bits per heavy atom. The van der Waals surface area contributed by atoms with Crippen molar-refractivity contribution in [1.82, 2.24) is 5.32 Å². The zero-order valence-corrected chi connectivity index (χ0v) is 18.0. The van der Waals surface area contributed by atoms with Gasteiger partial charge in [0, 0.05) is 6.42 Å². The van der Waals surface area contributed by atoms with Crippen LogP contribution in [0, 0.1) is 11.6 Å². The number of aryl methyl sites for hydroxylation is 1. The Kier molecular flexibility index (Phi) is 8.92. The molecule has 174 valence electrons. The molecule has 0 aliphatic carbocycles. The minimum absolute atomic E-state index is 0.00332. The van der Waals surface area contributed by atoms with Crippen molar-refractivity contribution in [2.75, 3.05) is 0 Å². The summed E-state index contributed by atoms with van der Waals surface area (Å²) in [5, 5.41) is 23.7. The van der Waals surface area contributed by atoms with Crippen LogP contribution in [-0.4, -0.2) is 28.5 Å². The zero-order chi connectivity index (χ0) is 23.6. The van der Waals surface area contributed by atoms with Crippen LogP contribution in [0.3, 0.4) is 0 Å². The number of hydrogen-bond acceptors (Lipinski definition) is 4. The predicted molar refractivity (Wildman–Crippen MR) is 120 cm³/mol. The maximum absolute atomic E-state index is 13.4. The van der Waals surface area contributed by atoms with Gasteiger partial charge in [-0.2, -0.15) is 0 Å². The van der Waals surface area contributed by atoms with Crippen LogP contribution in [0.1, 0.15) is 35.6 Å². The molecule has 5 nitrogen and oxygen atoms in total. The number of hydrogen-bond donors (Lipinski definition) is 3. The van der Waals surface area contributed by atoms with Gasteiger partial charge < -0.3 is 20.3 Å². The van der Waals surface area contributed by atoms with Crippen molar-refractivity contribution in [2.45, 2.75) is 44.1 Å². The fourth-order valence-electron chi connectivity index (χ4n) is 3.44. The average Bonchev–Trinajstić information content (AvgIpc) is 2.83. The summed E-state index contributed by atoms with van der Waals surface area (Å²) < 4.78 is 31.7. The third-order valence-electron chi connectivity index (χ3n) is 5.34. The number of aliphatic hydroxyl groups is 2. The standard InChI is InChI=1S/C26H27F2NO4/c27-21-11-6-18(7-12-21)8-15-24(30)25(31)16-23(20-9-13-22(28)14-10-20)29-26(32)33-17-19-4-2-1-3-5-19/h1-7,9-14,23-25,30-31H,8,15-17H2,(H,29,32). The van der Waals surface area contributed by atoms with Crippen LogP contribution in [0.2, 0.25) is 0 Å². The van der Waals surface area contributed by atoms with Crippen molar-refractivity contribution in [3.63, 3.8) is 0 Å². The number of carbonyl (C=O) groups is 1. The van der Waals surface area contributed by atoms with E-state index in [-0.39, 0.29) is 25.3 Å². The van der Waals surface area contributed by atoms with Gasteiger partial charge in [-0.05, 0) is 53.8 Å². The van der Waals surface area contributed by atoms with E-state index in [1.165, 1.54) is 36.4 Å². The van der Waals surface area contributed by atoms with Crippen LogP contribution in [-0.2, 0) is 17.8 Å². The monoisotopic (exact) mass is 455 g/mol. The smallest absolute Gasteiger partial charge is 0.407 e. The Balaban J connectivity index is 1.59. The zero-order valence-electron chi connectivity index (χ0n) is 18.0. The van der Waals surface area contributed by atoms with E-state index in [1.807, 2.05) is 30.3 Å². The molecular weight excluding hydrogens is 428 g/mol. The van der Waals surface area contributed by atoms with Gasteiger partial charge in [-0.3, -0.25) is 0 Å². The van der Waals surface area contributed by atoms with Crippen molar-refractivity contribution in [3.05, 3.63) is 107 Å². The van der Waals surface area contributed by atoms with E-state index in [9.17, 15) is 23.8 Å². The molecule has 0 saturated carbocycles. The van der Waals surface area contributed by atoms with Gasteiger partial charge in [-0.15, -0.1) is 0 Å². The van der Waals surface area contributed by atoms with E-state index in [4.69, 9.17) is 4.74 Å². The topological polar surface area (TPSA) is 78.8 Å². The van der Waals surface area contributed by atoms with E-state index in [0.717, 1.165) is 11.1 Å². The van der Waals surface area contributed by atoms with E-state index in [2.05, 4.69) is 5.32 Å². The number of carbonyl (C=O) groups excluding carboxylic acids is 1. The quantitative estimate of drug-likeness (QED) is 0.415. The number of ether oxygens (including phenoxy) is 1. The van der Waals surface area contributed by atoms with Gasteiger partial charge in [-0.25, -0.2) is 13.6 Å². The van der Waals surface area contributed by atoms with Crippen LogP contribution in [0.25, 0.3) is 0 Å². The number of amides is 1. The Hall–Kier alpha value is -3.29. The molecule has 0 spiro atoms. The Morgan fingerprint density at radius 1 is 0.818 bits per heavy atom. The van der Waals surface area contributed by atoms with Crippen LogP contribution in [0.4, 0.5) is 13.6 Å². The summed E-state index contributed by atoms with van der Waals surface area (Å²) in [5.41, 5.74) is 2.22. The lowest BCUT2D eigenvalue weighted by Gasteiger charge is -2.25. The van der Waals surface area contributed by atoms with Crippen molar-refractivity contribution in [2.24, 2.45) is 0 Å². The molecule has 3 aromatic rings. The number of aliphatic hydroxyl groups excluding tert-OH is 2.